The van der Waals surface area contributed by atoms with Crippen LogP contribution in [0.5, 0.6) is 0 Å². The van der Waals surface area contributed by atoms with Crippen molar-refractivity contribution in [2.75, 3.05) is 0 Å². The van der Waals surface area contributed by atoms with Crippen LogP contribution >= 0.6 is 11.3 Å². The lowest BCUT2D eigenvalue weighted by Gasteiger charge is -2.16. The molecule has 0 aliphatic heterocycles. The van der Waals surface area contributed by atoms with E-state index in [1.807, 2.05) is 6.92 Å². The molecule has 4 rings (SSSR count). The van der Waals surface area contributed by atoms with E-state index >= 15 is 0 Å². The molecule has 1 heterocycles. The van der Waals surface area contributed by atoms with Gasteiger partial charge in [-0.05, 0) is 56.6 Å². The van der Waals surface area contributed by atoms with Gasteiger partial charge in [0.2, 0.25) is 0 Å². The summed E-state index contributed by atoms with van der Waals surface area (Å²) in [6, 6.07) is 8.85. The first kappa shape index (κ1) is 14.9. The Morgan fingerprint density at radius 2 is 2.00 bits per heavy atom. The average molecular weight is 326 g/mol. The smallest absolute Gasteiger partial charge is 0.263 e. The van der Waals surface area contributed by atoms with Crippen LogP contribution in [0, 0.1) is 6.92 Å². The van der Waals surface area contributed by atoms with Gasteiger partial charge in [0.05, 0.1) is 10.7 Å². The fraction of sp³-hybridized carbons (Fsp3) is 0.474. The van der Waals surface area contributed by atoms with Crippen molar-refractivity contribution in [3.05, 3.63) is 51.0 Å². The monoisotopic (exact) mass is 326 g/mol. The molecule has 2 aromatic rings. The Bertz CT molecular complexity index is 733. The summed E-state index contributed by atoms with van der Waals surface area (Å²) in [5.41, 5.74) is 3.72. The Balaban J connectivity index is 1.48. The third kappa shape index (κ3) is 3.18. The van der Waals surface area contributed by atoms with Gasteiger partial charge >= 0.3 is 0 Å². The van der Waals surface area contributed by atoms with Gasteiger partial charge in [-0.3, -0.25) is 4.79 Å². The molecule has 0 unspecified atom stereocenters. The number of rotatable bonds is 3. The number of fused-ring (bicyclic) bond motifs is 1. The topological polar surface area (TPSA) is 42.0 Å². The maximum atomic E-state index is 12.7. The number of hydrogen-bond acceptors (Lipinski definition) is 3. The fourth-order valence-electron chi connectivity index (χ4n) is 3.41. The Morgan fingerprint density at radius 1 is 1.22 bits per heavy atom. The molecule has 1 atom stereocenters. The first-order valence-electron chi connectivity index (χ1n) is 8.55. The first-order chi connectivity index (χ1) is 11.2. The van der Waals surface area contributed by atoms with E-state index in [1.165, 1.54) is 24.0 Å². The molecular weight excluding hydrogens is 304 g/mol. The minimum absolute atomic E-state index is 0.0660. The molecule has 0 spiro atoms. The summed E-state index contributed by atoms with van der Waals surface area (Å²) >= 11 is 1.59. The highest BCUT2D eigenvalue weighted by Gasteiger charge is 2.29. The molecule has 1 aromatic carbocycles. The summed E-state index contributed by atoms with van der Waals surface area (Å²) in [5, 5.41) is 4.41. The minimum atomic E-state index is 0.0660. The molecule has 1 saturated carbocycles. The summed E-state index contributed by atoms with van der Waals surface area (Å²) in [6.45, 7) is 1.96. The van der Waals surface area contributed by atoms with Crippen LogP contribution in [0.25, 0.3) is 0 Å². The van der Waals surface area contributed by atoms with Gasteiger partial charge in [-0.25, -0.2) is 4.98 Å². The Kier molecular flexibility index (Phi) is 3.93. The van der Waals surface area contributed by atoms with E-state index in [9.17, 15) is 4.79 Å². The molecule has 3 nitrogen and oxygen atoms in total. The Morgan fingerprint density at radius 3 is 2.78 bits per heavy atom. The summed E-state index contributed by atoms with van der Waals surface area (Å²) in [4.78, 5) is 18.1. The maximum Gasteiger partial charge on any atom is 0.263 e. The van der Waals surface area contributed by atoms with E-state index in [-0.39, 0.29) is 11.9 Å². The molecule has 1 fully saturated rings. The highest BCUT2D eigenvalue weighted by atomic mass is 32.1. The van der Waals surface area contributed by atoms with Crippen LogP contribution in [0.4, 0.5) is 0 Å². The summed E-state index contributed by atoms with van der Waals surface area (Å²) in [6.07, 6.45) is 6.70. The van der Waals surface area contributed by atoms with Crippen molar-refractivity contribution in [1.82, 2.24) is 10.3 Å². The number of hydrogen-bond donors (Lipinski definition) is 1. The Hall–Kier alpha value is -1.68. The van der Waals surface area contributed by atoms with E-state index in [4.69, 9.17) is 0 Å². The van der Waals surface area contributed by atoms with Crippen LogP contribution in [0.3, 0.4) is 0 Å². The van der Waals surface area contributed by atoms with Gasteiger partial charge in [0.15, 0.2) is 0 Å². The van der Waals surface area contributed by atoms with E-state index in [1.54, 1.807) is 11.3 Å². The zero-order valence-corrected chi connectivity index (χ0v) is 14.3. The predicted molar refractivity (Wildman–Crippen MR) is 93.2 cm³/mol. The van der Waals surface area contributed by atoms with Crippen LogP contribution in [0.2, 0.25) is 0 Å². The number of benzene rings is 1. The molecule has 0 radical (unpaired) electrons. The number of amides is 1. The number of nitrogens with zero attached hydrogens (tertiary/aromatic N) is 1. The molecule has 1 amide bonds. The highest BCUT2D eigenvalue weighted by molar-refractivity contribution is 7.13. The summed E-state index contributed by atoms with van der Waals surface area (Å²) in [5.74, 6) is 0.682. The number of aromatic nitrogens is 1. The summed E-state index contributed by atoms with van der Waals surface area (Å²) < 4.78 is 0. The van der Waals surface area contributed by atoms with E-state index in [2.05, 4.69) is 34.6 Å². The highest BCUT2D eigenvalue weighted by Crippen LogP contribution is 2.42. The molecule has 120 valence electrons. The van der Waals surface area contributed by atoms with Crippen molar-refractivity contribution in [3.63, 3.8) is 0 Å². The van der Waals surface area contributed by atoms with Crippen LogP contribution in [0.15, 0.2) is 24.3 Å². The number of nitrogens with one attached hydrogen (secondary N) is 1. The molecule has 23 heavy (non-hydrogen) atoms. The van der Waals surface area contributed by atoms with E-state index in [0.29, 0.717) is 5.92 Å². The number of carbonyl (C=O) groups is 1. The quantitative estimate of drug-likeness (QED) is 0.866. The zero-order valence-electron chi connectivity index (χ0n) is 13.5. The third-order valence-electron chi connectivity index (χ3n) is 4.86. The molecule has 2 aliphatic rings. The van der Waals surface area contributed by atoms with Crippen molar-refractivity contribution in [2.24, 2.45) is 0 Å². The second-order valence-corrected chi connectivity index (χ2v) is 7.81. The average Bonchev–Trinajstić information content (AvgIpc) is 3.33. The molecular formula is C19H22N2OS. The van der Waals surface area contributed by atoms with Crippen molar-refractivity contribution in [2.45, 2.75) is 57.4 Å². The van der Waals surface area contributed by atoms with Crippen molar-refractivity contribution >= 4 is 17.2 Å². The summed E-state index contributed by atoms with van der Waals surface area (Å²) in [7, 11) is 0. The number of thiazole rings is 1. The third-order valence-corrected chi connectivity index (χ3v) is 6.18. The minimum Gasteiger partial charge on any atom is -0.348 e. The van der Waals surface area contributed by atoms with Gasteiger partial charge < -0.3 is 5.32 Å². The van der Waals surface area contributed by atoms with Gasteiger partial charge in [0.25, 0.3) is 5.91 Å². The van der Waals surface area contributed by atoms with Crippen molar-refractivity contribution in [1.29, 1.82) is 0 Å². The second-order valence-electron chi connectivity index (χ2n) is 6.78. The van der Waals surface area contributed by atoms with Crippen molar-refractivity contribution in [3.8, 4) is 0 Å². The normalized spacial score (nSPS) is 20.7. The molecule has 0 bridgehead atoms. The van der Waals surface area contributed by atoms with Crippen LogP contribution in [-0.2, 0) is 12.8 Å². The standard InChI is InChI=1S/C19H22N2OS/c1-12-17(23-19(20-12)14-9-10-14)18(22)21-16-8-4-7-13-5-2-3-6-15(13)11-16/h2-3,5-6,14,16H,4,7-11H2,1H3,(H,21,22)/t16-/m0/s1. The lowest BCUT2D eigenvalue weighted by molar-refractivity contribution is 0.0938. The largest absolute Gasteiger partial charge is 0.348 e. The van der Waals surface area contributed by atoms with Gasteiger partial charge in [0, 0.05) is 12.0 Å². The van der Waals surface area contributed by atoms with Crippen LogP contribution < -0.4 is 5.32 Å². The molecule has 1 N–H and O–H groups in total. The van der Waals surface area contributed by atoms with Gasteiger partial charge in [-0.1, -0.05) is 24.3 Å². The van der Waals surface area contributed by atoms with Crippen molar-refractivity contribution < 1.29 is 4.79 Å². The number of carbonyl (C=O) groups excluding carboxylic acids is 1. The molecule has 1 aromatic heterocycles. The number of aryl methyl sites for hydroxylation is 2. The SMILES string of the molecule is Cc1nc(C2CC2)sc1C(=O)N[C@H]1CCCc2ccccc2C1. The lowest BCUT2D eigenvalue weighted by atomic mass is 10.0. The predicted octanol–water partition coefficient (Wildman–Crippen LogP) is 4.01. The van der Waals surface area contributed by atoms with E-state index in [0.717, 1.165) is 41.3 Å². The molecule has 2 aliphatic carbocycles. The lowest BCUT2D eigenvalue weighted by Crippen LogP contribution is -2.36. The first-order valence-corrected chi connectivity index (χ1v) is 9.37. The maximum absolute atomic E-state index is 12.7. The van der Waals surface area contributed by atoms with Crippen LogP contribution in [-0.4, -0.2) is 16.9 Å². The van der Waals surface area contributed by atoms with Crippen LogP contribution in [0.1, 0.15) is 63.1 Å². The van der Waals surface area contributed by atoms with E-state index < -0.39 is 0 Å². The Labute approximate surface area is 141 Å². The fourth-order valence-corrected chi connectivity index (χ4v) is 4.55. The van der Waals surface area contributed by atoms with Gasteiger partial charge in [-0.15, -0.1) is 11.3 Å². The van der Waals surface area contributed by atoms with Gasteiger partial charge in [0.1, 0.15) is 4.88 Å². The molecule has 0 saturated heterocycles. The molecule has 4 heteroatoms. The zero-order chi connectivity index (χ0) is 15.8. The second kappa shape index (κ2) is 6.08. The van der Waals surface area contributed by atoms with Gasteiger partial charge in [-0.2, -0.15) is 0 Å².